The maximum absolute atomic E-state index is 14.9. The first kappa shape index (κ1) is 26.2. The van der Waals surface area contributed by atoms with Crippen LogP contribution in [-0.4, -0.2) is 38.1 Å². The fourth-order valence-electron chi connectivity index (χ4n) is 4.45. The SMILES string of the molecule is OCCOCCOCC([18F])c1ccc([P+](Cc2ccccc2)(c2ccccc2)c2ccccc2)cc1. The first-order valence-corrected chi connectivity index (χ1v) is 14.3. The van der Waals surface area contributed by atoms with Crippen molar-refractivity contribution in [2.24, 2.45) is 0 Å². The predicted octanol–water partition coefficient (Wildman–Crippen LogP) is 5.22. The number of benzene rings is 4. The van der Waals surface area contributed by atoms with E-state index < -0.39 is 13.4 Å². The zero-order valence-corrected chi connectivity index (χ0v) is 21.3. The molecular weight excluding hydrogens is 469 g/mol. The van der Waals surface area contributed by atoms with Crippen molar-refractivity contribution >= 4 is 23.2 Å². The fraction of sp³-hybridized carbons (Fsp3) is 0.226. The average molecular weight is 503 g/mol. The second-order valence-electron chi connectivity index (χ2n) is 8.59. The Morgan fingerprint density at radius 2 is 1.11 bits per heavy atom. The zero-order chi connectivity index (χ0) is 25.1. The van der Waals surface area contributed by atoms with Crippen LogP contribution < -0.4 is 15.9 Å². The quantitative estimate of drug-likeness (QED) is 0.201. The molecule has 36 heavy (non-hydrogen) atoms. The summed E-state index contributed by atoms with van der Waals surface area (Å²) in [6, 6.07) is 40.0. The second-order valence-corrected chi connectivity index (χ2v) is 12.1. The summed E-state index contributed by atoms with van der Waals surface area (Å²) in [6.45, 7) is 0.849. The Morgan fingerprint density at radius 1 is 0.611 bits per heavy atom. The molecule has 4 aromatic rings. The van der Waals surface area contributed by atoms with E-state index in [9.17, 15) is 4.39 Å². The van der Waals surface area contributed by atoms with Gasteiger partial charge in [0.25, 0.3) is 0 Å². The van der Waals surface area contributed by atoms with Gasteiger partial charge in [0.1, 0.15) is 29.3 Å². The molecule has 0 aromatic heterocycles. The lowest BCUT2D eigenvalue weighted by atomic mass is 10.1. The zero-order valence-electron chi connectivity index (χ0n) is 20.4. The van der Waals surface area contributed by atoms with Gasteiger partial charge in [0, 0.05) is 0 Å². The molecule has 186 valence electrons. The molecule has 0 saturated carbocycles. The number of aliphatic hydroxyl groups is 1. The van der Waals surface area contributed by atoms with Crippen LogP contribution in [0.4, 0.5) is 4.39 Å². The van der Waals surface area contributed by atoms with Crippen LogP contribution in [0.5, 0.6) is 0 Å². The molecular formula is C31H33FO3P+. The van der Waals surface area contributed by atoms with Crippen molar-refractivity contribution in [1.29, 1.82) is 0 Å². The summed E-state index contributed by atoms with van der Waals surface area (Å²) >= 11 is 0. The third-order valence-electron chi connectivity index (χ3n) is 6.22. The van der Waals surface area contributed by atoms with Gasteiger partial charge in [-0.25, -0.2) is 4.39 Å². The van der Waals surface area contributed by atoms with Crippen LogP contribution in [0, 0.1) is 0 Å². The summed E-state index contributed by atoms with van der Waals surface area (Å²) in [6.07, 6.45) is -0.329. The van der Waals surface area contributed by atoms with E-state index in [-0.39, 0.29) is 19.8 Å². The molecule has 3 nitrogen and oxygen atoms in total. The van der Waals surface area contributed by atoms with Crippen molar-refractivity contribution in [2.45, 2.75) is 12.3 Å². The number of aliphatic hydroxyl groups excluding tert-OH is 1. The summed E-state index contributed by atoms with van der Waals surface area (Å²) in [5, 5.41) is 12.6. The smallest absolute Gasteiger partial charge is 0.148 e. The molecule has 0 aliphatic heterocycles. The van der Waals surface area contributed by atoms with E-state index >= 15 is 0 Å². The maximum atomic E-state index is 14.9. The van der Waals surface area contributed by atoms with Gasteiger partial charge in [-0.2, -0.15) is 0 Å². The Balaban J connectivity index is 1.66. The largest absolute Gasteiger partial charge is 0.394 e. The van der Waals surface area contributed by atoms with Crippen LogP contribution in [0.3, 0.4) is 0 Å². The van der Waals surface area contributed by atoms with Gasteiger partial charge in [-0.05, 0) is 47.5 Å². The Labute approximate surface area is 213 Å². The molecule has 0 saturated heterocycles. The number of ether oxygens (including phenoxy) is 2. The molecule has 0 spiro atoms. The van der Waals surface area contributed by atoms with Gasteiger partial charge in [-0.3, -0.25) is 0 Å². The Bertz CT molecular complexity index is 1120. The van der Waals surface area contributed by atoms with E-state index in [1.165, 1.54) is 21.5 Å². The van der Waals surface area contributed by atoms with Gasteiger partial charge in [0.2, 0.25) is 0 Å². The molecule has 5 heteroatoms. The van der Waals surface area contributed by atoms with E-state index in [0.717, 1.165) is 6.16 Å². The lowest BCUT2D eigenvalue weighted by molar-refractivity contribution is 0.0162. The Hall–Kier alpha value is -2.88. The van der Waals surface area contributed by atoms with E-state index in [0.29, 0.717) is 18.8 Å². The van der Waals surface area contributed by atoms with E-state index in [4.69, 9.17) is 14.6 Å². The normalized spacial score (nSPS) is 12.4. The highest BCUT2D eigenvalue weighted by Crippen LogP contribution is 2.58. The number of alkyl halides is 1. The van der Waals surface area contributed by atoms with Crippen molar-refractivity contribution in [3.8, 4) is 0 Å². The summed E-state index contributed by atoms with van der Waals surface area (Å²) in [7, 11) is -2.05. The van der Waals surface area contributed by atoms with Crippen LogP contribution in [0.1, 0.15) is 17.3 Å². The van der Waals surface area contributed by atoms with Gasteiger partial charge in [0.15, 0.2) is 0 Å². The Kier molecular flexibility index (Phi) is 9.77. The van der Waals surface area contributed by atoms with Crippen molar-refractivity contribution in [3.63, 3.8) is 0 Å². The number of halogens is 1. The minimum absolute atomic E-state index is 0.0243. The first-order valence-electron chi connectivity index (χ1n) is 12.3. The molecule has 1 unspecified atom stereocenters. The molecule has 0 bridgehead atoms. The van der Waals surface area contributed by atoms with Crippen molar-refractivity contribution in [2.75, 3.05) is 33.0 Å². The number of hydrogen-bond acceptors (Lipinski definition) is 3. The van der Waals surface area contributed by atoms with Gasteiger partial charge in [-0.15, -0.1) is 0 Å². The van der Waals surface area contributed by atoms with Crippen LogP contribution in [0.15, 0.2) is 115 Å². The third-order valence-corrected chi connectivity index (χ3v) is 10.6. The van der Waals surface area contributed by atoms with Crippen molar-refractivity contribution in [3.05, 3.63) is 126 Å². The molecule has 0 fully saturated rings. The molecule has 0 radical (unpaired) electrons. The topological polar surface area (TPSA) is 38.7 Å². The molecule has 0 aliphatic carbocycles. The van der Waals surface area contributed by atoms with Crippen LogP contribution >= 0.6 is 7.26 Å². The highest BCUT2D eigenvalue weighted by atomic mass is 31.2. The molecule has 0 amide bonds. The lowest BCUT2D eigenvalue weighted by Gasteiger charge is -2.28. The standard InChI is InChI=1S/C31H33FO3P/c32-31(24-35-23-22-34-21-20-33)27-16-18-30(19-17-27)36(28-12-6-2-7-13-28,29-14-8-3-9-15-29)25-26-10-4-1-5-11-26/h1-19,31,33H,20-25H2/q+1/i32-1. The van der Waals surface area contributed by atoms with Gasteiger partial charge in [-0.1, -0.05) is 78.9 Å². The highest BCUT2D eigenvalue weighted by Gasteiger charge is 2.45. The fourth-order valence-corrected chi connectivity index (χ4v) is 8.67. The molecule has 0 aliphatic rings. The van der Waals surface area contributed by atoms with Crippen LogP contribution in [-0.2, 0) is 15.6 Å². The monoisotopic (exact) mass is 502 g/mol. The van der Waals surface area contributed by atoms with E-state index in [2.05, 4.69) is 97.1 Å². The van der Waals surface area contributed by atoms with Crippen molar-refractivity contribution < 1.29 is 19.0 Å². The number of hydrogen-bond donors (Lipinski definition) is 1. The molecule has 1 atom stereocenters. The van der Waals surface area contributed by atoms with Gasteiger partial charge < -0.3 is 14.6 Å². The maximum Gasteiger partial charge on any atom is 0.148 e. The highest BCUT2D eigenvalue weighted by molar-refractivity contribution is 7.95. The van der Waals surface area contributed by atoms with Crippen LogP contribution in [0.2, 0.25) is 0 Å². The summed E-state index contributed by atoms with van der Waals surface area (Å²) in [4.78, 5) is 0. The second kappa shape index (κ2) is 13.4. The predicted molar refractivity (Wildman–Crippen MR) is 148 cm³/mol. The molecule has 0 heterocycles. The van der Waals surface area contributed by atoms with Gasteiger partial charge in [0.05, 0.1) is 39.2 Å². The summed E-state index contributed by atoms with van der Waals surface area (Å²) in [5.41, 5.74) is 1.89. The van der Waals surface area contributed by atoms with E-state index in [1.54, 1.807) is 0 Å². The first-order chi connectivity index (χ1) is 17.7. The average Bonchev–Trinajstić information content (AvgIpc) is 2.95. The minimum atomic E-state index is -2.05. The summed E-state index contributed by atoms with van der Waals surface area (Å²) in [5.74, 6) is 0. The molecule has 4 aromatic carbocycles. The molecule has 4 rings (SSSR count). The Morgan fingerprint density at radius 3 is 1.67 bits per heavy atom. The van der Waals surface area contributed by atoms with Gasteiger partial charge >= 0.3 is 0 Å². The van der Waals surface area contributed by atoms with Crippen LogP contribution in [0.25, 0.3) is 0 Å². The van der Waals surface area contributed by atoms with E-state index in [1.807, 2.05) is 18.2 Å². The third kappa shape index (κ3) is 6.46. The minimum Gasteiger partial charge on any atom is -0.394 e. The lowest BCUT2D eigenvalue weighted by Crippen LogP contribution is -2.32. The number of rotatable bonds is 13. The molecule has 1 N–H and O–H groups in total. The van der Waals surface area contributed by atoms with Crippen molar-refractivity contribution in [1.82, 2.24) is 0 Å². The summed E-state index contributed by atoms with van der Waals surface area (Å²) < 4.78 is 25.5.